The molecule has 4 saturated heterocycles. The van der Waals surface area contributed by atoms with Gasteiger partial charge in [0.05, 0.1) is 66.6 Å². The van der Waals surface area contributed by atoms with Gasteiger partial charge in [-0.1, -0.05) is 57.0 Å². The number of fused-ring (bicyclic) bond motifs is 2. The molecule has 4 aliphatic heterocycles. The monoisotopic (exact) mass is 1370 g/mol. The fourth-order valence-corrected chi connectivity index (χ4v) is 16.1. The molecule has 3 unspecified atom stereocenters. The molecule has 0 radical (unpaired) electrons. The molecule has 2 bridgehead atoms. The van der Waals surface area contributed by atoms with Crippen molar-refractivity contribution < 1.29 is 112 Å². The minimum absolute atomic E-state index is 0.0319. The number of rotatable bonds is 23. The van der Waals surface area contributed by atoms with Gasteiger partial charge < -0.3 is 93.0 Å². The van der Waals surface area contributed by atoms with E-state index in [1.807, 2.05) is 35.8 Å². The van der Waals surface area contributed by atoms with E-state index in [4.69, 9.17) is 61.7 Å². The zero-order valence-corrected chi connectivity index (χ0v) is 54.1. The summed E-state index contributed by atoms with van der Waals surface area (Å²) in [5.74, 6) is 10.2. The van der Waals surface area contributed by atoms with Gasteiger partial charge in [0.2, 0.25) is 23.4 Å². The van der Waals surface area contributed by atoms with Crippen LogP contribution in [0.15, 0.2) is 12.2 Å². The first-order valence-electron chi connectivity index (χ1n) is 27.6. The van der Waals surface area contributed by atoms with Crippen molar-refractivity contribution in [2.75, 3.05) is 60.7 Å². The van der Waals surface area contributed by atoms with Crippen molar-refractivity contribution in [2.45, 2.75) is 182 Å². The first kappa shape index (κ1) is 69.1. The molecular formula is C55H80IN3O21S4+2. The normalized spacial score (nSPS) is 38.0. The Balaban J connectivity index is 1.10. The lowest BCUT2D eigenvalue weighted by Gasteiger charge is -2.49. The summed E-state index contributed by atoms with van der Waals surface area (Å²) in [4.78, 5) is 47.9. The van der Waals surface area contributed by atoms with Crippen molar-refractivity contribution in [3.05, 3.63) is 26.8 Å². The van der Waals surface area contributed by atoms with Gasteiger partial charge >= 0.3 is 6.09 Å². The van der Waals surface area contributed by atoms with E-state index in [0.717, 1.165) is 18.3 Å². The van der Waals surface area contributed by atoms with Crippen LogP contribution in [-0.2, 0) is 52.3 Å². The smallest absolute Gasteiger partial charge is 0.407 e. The molecule has 6 aliphatic rings. The Bertz CT molecular complexity index is 2570. The van der Waals surface area contributed by atoms with Crippen LogP contribution in [0.2, 0.25) is 0 Å². The Kier molecular flexibility index (Phi) is 26.2. The standard InChI is InChI=1S/C55H78IN3O21S4/c1-12-57-30-24-73-35(22-34(30)68-6)78-48-43(63)40(26(3)75-53(48)77-33-17-15-13-14-16-19-55(67)23-32(61)41(58-54(66)72-10)38(33)29(55)18-20-82-84-81-11)59-80-36-21-31(60)50(28(5)74-36)83-51(65)37-25(2)39(56)46(49(71-9)45(37)69-7)79-52-44(64)47(70-8)42(62)27(4)76-52/h13-14,26-31,33-36,38,40-44,47-48,50,52-53,57,59-60,62-64,67H,12,18,20-24H2,1-11H3,(H,58,66)/p+2/b14-13-/t26-,27+,28-,29?,30+,31+,33+,34+,35+,36+,38?,40-,41?,42+,43+,44-,47-,48-,50-,52+,53+,55+/m1/s1. The fourth-order valence-electron chi connectivity index (χ4n) is 11.5. The number of carbonyl (C=O) groups excluding carboxylic acids is 3. The summed E-state index contributed by atoms with van der Waals surface area (Å²) in [6, 6.07) is -2.22. The molecule has 84 heavy (non-hydrogen) atoms. The van der Waals surface area contributed by atoms with Crippen molar-refractivity contribution in [1.82, 2.24) is 5.32 Å². The highest BCUT2D eigenvalue weighted by molar-refractivity contribution is 14.1. The highest BCUT2D eigenvalue weighted by Crippen LogP contribution is 2.49. The number of aliphatic hydroxyl groups excluding tert-OH is 4. The minimum Gasteiger partial charge on any atom is -0.492 e. The number of amides is 1. The number of Topliss-reactive ketones (excluding diaryl/α,β-unsaturated/α-hetero) is 1. The number of alkyl carbamates (subject to hydrolysis) is 1. The number of quaternary nitrogens is 2. The number of hydroxylamine groups is 1. The van der Waals surface area contributed by atoms with Crippen LogP contribution in [0.1, 0.15) is 69.3 Å². The van der Waals surface area contributed by atoms with E-state index in [0.29, 0.717) is 21.3 Å². The van der Waals surface area contributed by atoms with E-state index < -0.39 is 138 Å². The van der Waals surface area contributed by atoms with Crippen molar-refractivity contribution >= 4 is 82.8 Å². The van der Waals surface area contributed by atoms with E-state index >= 15 is 0 Å². The molecule has 1 saturated carbocycles. The predicted octanol–water partition coefficient (Wildman–Crippen LogP) is 0.955. The number of allylic oxidation sites excluding steroid dienone is 2. The lowest BCUT2D eigenvalue weighted by molar-refractivity contribution is -0.942. The van der Waals surface area contributed by atoms with E-state index in [2.05, 4.69) is 34.3 Å². The zero-order valence-electron chi connectivity index (χ0n) is 48.7. The van der Waals surface area contributed by atoms with E-state index in [9.17, 15) is 39.9 Å². The number of nitrogens with two attached hydrogens (primary N) is 2. The Morgan fingerprint density at radius 2 is 1.61 bits per heavy atom. The Hall–Kier alpha value is -2.42. The maximum Gasteiger partial charge on any atom is 0.407 e. The third-order valence-corrected chi connectivity index (χ3v) is 22.5. The van der Waals surface area contributed by atoms with Gasteiger partial charge in [0, 0.05) is 51.1 Å². The molecule has 1 amide bonds. The van der Waals surface area contributed by atoms with Crippen molar-refractivity contribution in [3.8, 4) is 40.9 Å². The van der Waals surface area contributed by atoms with Gasteiger partial charge in [-0.25, -0.2) is 4.79 Å². The average Bonchev–Trinajstić information content (AvgIpc) is 1.36. The summed E-state index contributed by atoms with van der Waals surface area (Å²) in [5, 5.41) is 61.8. The summed E-state index contributed by atoms with van der Waals surface area (Å²) < 4.78 is 73.0. The van der Waals surface area contributed by atoms with Crippen LogP contribution >= 0.6 is 65.8 Å². The molecule has 10 N–H and O–H groups in total. The molecule has 29 heteroatoms. The Morgan fingerprint density at radius 3 is 2.27 bits per heavy atom. The number of benzene rings is 1. The van der Waals surface area contributed by atoms with Crippen LogP contribution in [0.3, 0.4) is 0 Å². The number of hydrogen-bond donors (Lipinski definition) is 8. The molecular weight excluding hydrogens is 1290 g/mol. The molecule has 5 fully saturated rings. The minimum atomic E-state index is -1.85. The highest BCUT2D eigenvalue weighted by Gasteiger charge is 2.58. The topological polar surface area (TPSA) is 318 Å². The largest absolute Gasteiger partial charge is 0.492 e. The van der Waals surface area contributed by atoms with Crippen LogP contribution in [0.5, 0.6) is 17.2 Å². The third kappa shape index (κ3) is 15.9. The number of thioether (sulfide) groups is 1. The number of hydrogen-bond acceptors (Lipinski definition) is 25. The van der Waals surface area contributed by atoms with E-state index in [-0.39, 0.29) is 60.8 Å². The quantitative estimate of drug-likeness (QED) is 0.0249. The van der Waals surface area contributed by atoms with Gasteiger partial charge in [-0.2, -0.15) is 10.3 Å². The Morgan fingerprint density at radius 1 is 0.881 bits per heavy atom. The summed E-state index contributed by atoms with van der Waals surface area (Å²) in [6.45, 7) is 9.79. The van der Waals surface area contributed by atoms with Gasteiger partial charge in [0.25, 0.3) is 0 Å². The lowest BCUT2D eigenvalue weighted by atomic mass is 9.63. The predicted molar refractivity (Wildman–Crippen MR) is 317 cm³/mol. The molecule has 7 rings (SSSR count). The second kappa shape index (κ2) is 31.8. The maximum absolute atomic E-state index is 14.4. The number of methoxy groups -OCH3 is 5. The van der Waals surface area contributed by atoms with Crippen LogP contribution in [-0.4, -0.2) is 225 Å². The first-order valence-corrected chi connectivity index (χ1v) is 33.6. The number of likely N-dealkylation sites (N-methyl/N-ethyl adjacent to an activating group) is 1. The fraction of sp³-hybridized carbons (Fsp3) is 0.727. The van der Waals surface area contributed by atoms with Gasteiger partial charge in [-0.15, -0.1) is 0 Å². The molecule has 1 aromatic carbocycles. The molecule has 24 nitrogen and oxygen atoms in total. The second-order valence-corrected chi connectivity index (χ2v) is 27.7. The average molecular weight is 1370 g/mol. The maximum atomic E-state index is 14.4. The number of carbonyl (C=O) groups is 3. The first-order chi connectivity index (χ1) is 40.2. The van der Waals surface area contributed by atoms with Crippen molar-refractivity contribution in [3.63, 3.8) is 0 Å². The van der Waals surface area contributed by atoms with Crippen LogP contribution in [0, 0.1) is 46.0 Å². The second-order valence-electron chi connectivity index (χ2n) is 21.1. The van der Waals surface area contributed by atoms with Crippen LogP contribution in [0.25, 0.3) is 0 Å². The molecule has 0 spiro atoms. The molecule has 4 heterocycles. The van der Waals surface area contributed by atoms with Gasteiger partial charge in [-0.3, -0.25) is 9.59 Å². The SMILES string of the molecule is CC[NH2+][C@H]1CO[C@@H](O[C@H]2[C@H](O[C@H]3C#C/C=C\C#C[C@]4(O)CC(=O)C(NC(=O)OC)C3C4CCSSSC)O[C@H](C)[C@@H]([NH2+]O[C@H]3C[C@H](O)[C@H](SC(=O)c4c(C)c(I)c(O[C@@H]5O[C@@H](C)[C@H](O)[C@@H](OC)[C@H]5O)c(OC)c4OC)[C@@H](C)O3)[C@@H]2O)C[C@@H]1OC. The summed E-state index contributed by atoms with van der Waals surface area (Å²) in [5.41, 5.74) is 0.123. The van der Waals surface area contributed by atoms with Gasteiger partial charge in [0.15, 0.2) is 35.9 Å². The van der Waals surface area contributed by atoms with E-state index in [1.54, 1.807) is 66.2 Å². The number of nitrogens with one attached hydrogen (secondary N) is 1. The van der Waals surface area contributed by atoms with Crippen molar-refractivity contribution in [2.24, 2.45) is 11.8 Å². The van der Waals surface area contributed by atoms with Crippen molar-refractivity contribution in [1.29, 1.82) is 0 Å². The number of halogens is 1. The molecule has 1 aromatic rings. The lowest BCUT2D eigenvalue weighted by Crippen LogP contribution is -2.97. The molecule has 2 aliphatic carbocycles. The number of aliphatic hydroxyl groups is 5. The molecule has 22 atom stereocenters. The number of ketones is 1. The van der Waals surface area contributed by atoms with Crippen LogP contribution in [0.4, 0.5) is 4.79 Å². The molecule has 470 valence electrons. The van der Waals surface area contributed by atoms with Gasteiger partial charge in [0.1, 0.15) is 67.1 Å². The highest BCUT2D eigenvalue weighted by atomic mass is 127. The summed E-state index contributed by atoms with van der Waals surface area (Å²) >= 11 is 2.85. The van der Waals surface area contributed by atoms with Gasteiger partial charge in [-0.05, 0) is 97.4 Å². The molecule has 0 aromatic heterocycles. The van der Waals surface area contributed by atoms with E-state index in [1.165, 1.54) is 46.1 Å². The third-order valence-electron chi connectivity index (χ3n) is 15.9. The zero-order chi connectivity index (χ0) is 61.2. The van der Waals surface area contributed by atoms with Crippen LogP contribution < -0.4 is 30.3 Å². The Labute approximate surface area is 519 Å². The summed E-state index contributed by atoms with van der Waals surface area (Å²) in [7, 11) is 11.6. The summed E-state index contributed by atoms with van der Waals surface area (Å²) in [6.07, 6.45) is -11.9. The number of ether oxygens (including phenoxy) is 12.